The van der Waals surface area contributed by atoms with E-state index in [0.29, 0.717) is 23.0 Å². The summed E-state index contributed by atoms with van der Waals surface area (Å²) >= 11 is 0. The first kappa shape index (κ1) is 8.03. The molecule has 66 valence electrons. The molecule has 1 fully saturated rings. The average Bonchev–Trinajstić information content (AvgIpc) is 2.21. The standard InChI is InChI=1S/C11H16O/c1-11(2)6-8-3-4-10(12)5-9(8)7-11/h3-4,8-9H,5-7H2,1-2H3. The van der Waals surface area contributed by atoms with Crippen LogP contribution in [0, 0.1) is 17.3 Å². The predicted molar refractivity (Wildman–Crippen MR) is 48.8 cm³/mol. The summed E-state index contributed by atoms with van der Waals surface area (Å²) in [5.41, 5.74) is 0.463. The van der Waals surface area contributed by atoms with Gasteiger partial charge in [0, 0.05) is 6.42 Å². The molecule has 0 aromatic heterocycles. The molecule has 0 N–H and O–H groups in total. The lowest BCUT2D eigenvalue weighted by Crippen LogP contribution is -2.14. The molecule has 2 atom stereocenters. The Labute approximate surface area is 73.8 Å². The van der Waals surface area contributed by atoms with Gasteiger partial charge in [-0.25, -0.2) is 0 Å². The molecule has 0 spiro atoms. The smallest absolute Gasteiger partial charge is 0.155 e. The van der Waals surface area contributed by atoms with E-state index < -0.39 is 0 Å². The molecule has 2 rings (SSSR count). The van der Waals surface area contributed by atoms with E-state index in [2.05, 4.69) is 19.9 Å². The molecule has 0 saturated heterocycles. The van der Waals surface area contributed by atoms with Crippen LogP contribution in [-0.4, -0.2) is 5.78 Å². The van der Waals surface area contributed by atoms with Gasteiger partial charge in [0.15, 0.2) is 5.78 Å². The summed E-state index contributed by atoms with van der Waals surface area (Å²) in [6.07, 6.45) is 7.20. The summed E-state index contributed by atoms with van der Waals surface area (Å²) in [5, 5.41) is 0. The molecule has 1 nitrogen and oxygen atoms in total. The third-order valence-electron chi connectivity index (χ3n) is 3.20. The largest absolute Gasteiger partial charge is 0.295 e. The number of ketones is 1. The van der Waals surface area contributed by atoms with E-state index in [0.717, 1.165) is 6.42 Å². The number of hydrogen-bond donors (Lipinski definition) is 0. The second-order valence-corrected chi connectivity index (χ2v) is 5.03. The molecule has 1 saturated carbocycles. The van der Waals surface area contributed by atoms with Crippen LogP contribution in [0.3, 0.4) is 0 Å². The van der Waals surface area contributed by atoms with Crippen molar-refractivity contribution in [1.82, 2.24) is 0 Å². The van der Waals surface area contributed by atoms with Crippen LogP contribution in [0.4, 0.5) is 0 Å². The van der Waals surface area contributed by atoms with E-state index in [-0.39, 0.29) is 0 Å². The van der Waals surface area contributed by atoms with Crippen LogP contribution in [0.2, 0.25) is 0 Å². The van der Waals surface area contributed by atoms with Crippen LogP contribution in [0.25, 0.3) is 0 Å². The van der Waals surface area contributed by atoms with E-state index in [1.807, 2.05) is 0 Å². The first-order valence-corrected chi connectivity index (χ1v) is 4.78. The SMILES string of the molecule is CC1(C)CC2C=CC(=O)CC2C1. The quantitative estimate of drug-likeness (QED) is 0.537. The molecule has 0 amide bonds. The van der Waals surface area contributed by atoms with Crippen LogP contribution < -0.4 is 0 Å². The van der Waals surface area contributed by atoms with Gasteiger partial charge in [-0.3, -0.25) is 4.79 Å². The van der Waals surface area contributed by atoms with Crippen LogP contribution in [-0.2, 0) is 4.79 Å². The third-order valence-corrected chi connectivity index (χ3v) is 3.20. The Balaban J connectivity index is 2.17. The van der Waals surface area contributed by atoms with E-state index in [1.165, 1.54) is 12.8 Å². The van der Waals surface area contributed by atoms with Crippen molar-refractivity contribution in [3.63, 3.8) is 0 Å². The van der Waals surface area contributed by atoms with Gasteiger partial charge in [0.05, 0.1) is 0 Å². The van der Waals surface area contributed by atoms with Crippen molar-refractivity contribution < 1.29 is 4.79 Å². The van der Waals surface area contributed by atoms with Crippen molar-refractivity contribution in [3.05, 3.63) is 12.2 Å². The zero-order valence-electron chi connectivity index (χ0n) is 7.84. The maximum Gasteiger partial charge on any atom is 0.155 e. The van der Waals surface area contributed by atoms with E-state index in [4.69, 9.17) is 0 Å². The van der Waals surface area contributed by atoms with E-state index in [9.17, 15) is 4.79 Å². The number of fused-ring (bicyclic) bond motifs is 1. The highest BCUT2D eigenvalue weighted by molar-refractivity contribution is 5.90. The predicted octanol–water partition coefficient (Wildman–Crippen LogP) is 2.57. The maximum atomic E-state index is 11.1. The zero-order valence-corrected chi connectivity index (χ0v) is 7.84. The maximum absolute atomic E-state index is 11.1. The van der Waals surface area contributed by atoms with E-state index >= 15 is 0 Å². The van der Waals surface area contributed by atoms with Gasteiger partial charge in [-0.15, -0.1) is 0 Å². The topological polar surface area (TPSA) is 17.1 Å². The minimum absolute atomic E-state index is 0.328. The summed E-state index contributed by atoms with van der Waals surface area (Å²) in [6, 6.07) is 0. The summed E-state index contributed by atoms with van der Waals surface area (Å²) < 4.78 is 0. The fraction of sp³-hybridized carbons (Fsp3) is 0.727. The van der Waals surface area contributed by atoms with Crippen molar-refractivity contribution in [1.29, 1.82) is 0 Å². The Morgan fingerprint density at radius 3 is 2.92 bits per heavy atom. The molecule has 2 aliphatic rings. The minimum Gasteiger partial charge on any atom is -0.295 e. The molecule has 2 aliphatic carbocycles. The Kier molecular flexibility index (Phi) is 1.64. The van der Waals surface area contributed by atoms with Gasteiger partial charge in [0.2, 0.25) is 0 Å². The highest BCUT2D eigenvalue weighted by atomic mass is 16.1. The highest BCUT2D eigenvalue weighted by Crippen LogP contribution is 2.48. The Morgan fingerprint density at radius 2 is 2.17 bits per heavy atom. The number of hydrogen-bond acceptors (Lipinski definition) is 1. The summed E-state index contributed by atoms with van der Waals surface area (Å²) in [6.45, 7) is 4.62. The summed E-state index contributed by atoms with van der Waals surface area (Å²) in [4.78, 5) is 11.1. The number of allylic oxidation sites excluding steroid dienone is 2. The Morgan fingerprint density at radius 1 is 1.42 bits per heavy atom. The molecule has 0 radical (unpaired) electrons. The lowest BCUT2D eigenvalue weighted by molar-refractivity contribution is -0.116. The van der Waals surface area contributed by atoms with Crippen molar-refractivity contribution in [3.8, 4) is 0 Å². The zero-order chi connectivity index (χ0) is 8.77. The molecule has 2 unspecified atom stereocenters. The normalized spacial score (nSPS) is 38.3. The van der Waals surface area contributed by atoms with Gasteiger partial charge in [-0.05, 0) is 36.2 Å². The molecular formula is C11H16O. The number of rotatable bonds is 0. The van der Waals surface area contributed by atoms with Gasteiger partial charge in [-0.2, -0.15) is 0 Å². The molecule has 0 aliphatic heterocycles. The van der Waals surface area contributed by atoms with Crippen molar-refractivity contribution >= 4 is 5.78 Å². The van der Waals surface area contributed by atoms with Gasteiger partial charge in [0.1, 0.15) is 0 Å². The lowest BCUT2D eigenvalue weighted by Gasteiger charge is -2.18. The monoisotopic (exact) mass is 164 g/mol. The van der Waals surface area contributed by atoms with E-state index in [1.54, 1.807) is 6.08 Å². The lowest BCUT2D eigenvalue weighted by atomic mass is 9.86. The Hall–Kier alpha value is -0.590. The fourth-order valence-electron chi connectivity index (χ4n) is 2.76. The molecule has 0 heterocycles. The number of carbonyl (C=O) groups is 1. The van der Waals surface area contributed by atoms with Crippen LogP contribution in [0.5, 0.6) is 0 Å². The summed E-state index contributed by atoms with van der Waals surface area (Å²) in [7, 11) is 0. The second-order valence-electron chi connectivity index (χ2n) is 5.03. The van der Waals surface area contributed by atoms with Crippen molar-refractivity contribution in [2.75, 3.05) is 0 Å². The molecule has 12 heavy (non-hydrogen) atoms. The van der Waals surface area contributed by atoms with Crippen molar-refractivity contribution in [2.45, 2.75) is 33.1 Å². The fourth-order valence-corrected chi connectivity index (χ4v) is 2.76. The van der Waals surface area contributed by atoms with Gasteiger partial charge >= 0.3 is 0 Å². The Bertz CT molecular complexity index is 237. The highest BCUT2D eigenvalue weighted by Gasteiger charge is 2.39. The average molecular weight is 164 g/mol. The van der Waals surface area contributed by atoms with Crippen molar-refractivity contribution in [2.24, 2.45) is 17.3 Å². The van der Waals surface area contributed by atoms with Crippen LogP contribution >= 0.6 is 0 Å². The molecule has 0 aromatic carbocycles. The summed E-state index contributed by atoms with van der Waals surface area (Å²) in [5.74, 6) is 1.67. The first-order chi connectivity index (χ1) is 5.57. The molecular weight excluding hydrogens is 148 g/mol. The van der Waals surface area contributed by atoms with Gasteiger partial charge < -0.3 is 0 Å². The minimum atomic E-state index is 0.328. The molecule has 1 heteroatoms. The molecule has 0 aromatic rings. The molecule has 0 bridgehead atoms. The van der Waals surface area contributed by atoms with Gasteiger partial charge in [0.25, 0.3) is 0 Å². The first-order valence-electron chi connectivity index (χ1n) is 4.78. The van der Waals surface area contributed by atoms with Gasteiger partial charge in [-0.1, -0.05) is 19.9 Å². The number of carbonyl (C=O) groups excluding carboxylic acids is 1. The van der Waals surface area contributed by atoms with Crippen LogP contribution in [0.1, 0.15) is 33.1 Å². The second kappa shape index (κ2) is 2.45. The van der Waals surface area contributed by atoms with Crippen LogP contribution in [0.15, 0.2) is 12.2 Å². The third kappa shape index (κ3) is 1.33.